The Labute approximate surface area is 169 Å². The van der Waals surface area contributed by atoms with Crippen molar-refractivity contribution in [3.05, 3.63) is 23.8 Å². The third-order valence-corrected chi connectivity index (χ3v) is 6.17. The zero-order valence-corrected chi connectivity index (χ0v) is 17.3. The minimum atomic E-state index is -3.99. The van der Waals surface area contributed by atoms with E-state index in [-0.39, 0.29) is 49.2 Å². The fraction of sp³-hybridized carbons (Fsp3) is 0.444. The number of ether oxygens (including phenoxy) is 3. The van der Waals surface area contributed by atoms with Gasteiger partial charge in [0.2, 0.25) is 10.0 Å². The number of aliphatic carboxylic acids is 1. The highest BCUT2D eigenvalue weighted by Crippen LogP contribution is 2.37. The maximum atomic E-state index is 13.2. The summed E-state index contributed by atoms with van der Waals surface area (Å²) in [6.45, 7) is 2.49. The summed E-state index contributed by atoms with van der Waals surface area (Å²) in [6.07, 6.45) is 1.68. The molecule has 1 N–H and O–H groups in total. The summed E-state index contributed by atoms with van der Waals surface area (Å²) in [5.41, 5.74) is 0.328. The van der Waals surface area contributed by atoms with Gasteiger partial charge >= 0.3 is 12.1 Å². The van der Waals surface area contributed by atoms with Crippen LogP contribution in [0.4, 0.5) is 4.79 Å². The molecule has 0 aliphatic carbocycles. The minimum absolute atomic E-state index is 0.0211. The Balaban J connectivity index is 2.37. The third kappa shape index (κ3) is 5.18. The van der Waals surface area contributed by atoms with Gasteiger partial charge in [-0.15, -0.1) is 0 Å². The summed E-state index contributed by atoms with van der Waals surface area (Å²) in [4.78, 5) is 23.9. The van der Waals surface area contributed by atoms with Gasteiger partial charge in [0, 0.05) is 32.3 Å². The van der Waals surface area contributed by atoms with Crippen LogP contribution in [0.25, 0.3) is 6.08 Å². The zero-order valence-electron chi connectivity index (χ0n) is 16.5. The molecular formula is C18H24N2O8S. The molecule has 0 radical (unpaired) electrons. The van der Waals surface area contributed by atoms with Crippen LogP contribution < -0.4 is 9.47 Å². The van der Waals surface area contributed by atoms with Crippen molar-refractivity contribution >= 4 is 28.2 Å². The average molecular weight is 428 g/mol. The molecule has 1 aliphatic heterocycles. The highest BCUT2D eigenvalue weighted by Gasteiger charge is 2.33. The first-order chi connectivity index (χ1) is 13.7. The predicted octanol–water partition coefficient (Wildman–Crippen LogP) is 1.26. The third-order valence-electron chi connectivity index (χ3n) is 4.27. The van der Waals surface area contributed by atoms with E-state index in [0.717, 1.165) is 6.08 Å². The van der Waals surface area contributed by atoms with Crippen LogP contribution in [0.1, 0.15) is 12.5 Å². The lowest BCUT2D eigenvalue weighted by Crippen LogP contribution is -2.50. The molecule has 0 aromatic heterocycles. The van der Waals surface area contributed by atoms with Crippen molar-refractivity contribution in [3.63, 3.8) is 0 Å². The lowest BCUT2D eigenvalue weighted by Gasteiger charge is -2.33. The maximum absolute atomic E-state index is 13.2. The zero-order chi connectivity index (χ0) is 21.6. The van der Waals surface area contributed by atoms with Gasteiger partial charge in [-0.1, -0.05) is 0 Å². The Morgan fingerprint density at radius 2 is 1.79 bits per heavy atom. The second-order valence-electron chi connectivity index (χ2n) is 6.02. The number of rotatable bonds is 7. The molecule has 0 atom stereocenters. The Bertz CT molecular complexity index is 889. The molecule has 1 saturated heterocycles. The molecule has 1 aliphatic rings. The molecule has 29 heavy (non-hydrogen) atoms. The van der Waals surface area contributed by atoms with Crippen LogP contribution >= 0.6 is 0 Å². The van der Waals surface area contributed by atoms with E-state index in [0.29, 0.717) is 5.56 Å². The smallest absolute Gasteiger partial charge is 0.409 e. The van der Waals surface area contributed by atoms with Crippen molar-refractivity contribution < 1.29 is 37.3 Å². The number of carboxylic acids is 1. The number of sulfonamides is 1. The number of hydrogen-bond donors (Lipinski definition) is 1. The van der Waals surface area contributed by atoms with E-state index in [1.54, 1.807) is 6.92 Å². The summed E-state index contributed by atoms with van der Waals surface area (Å²) in [6, 6.07) is 2.81. The van der Waals surface area contributed by atoms with Crippen molar-refractivity contribution in [2.75, 3.05) is 47.0 Å². The Morgan fingerprint density at radius 1 is 1.14 bits per heavy atom. The van der Waals surface area contributed by atoms with E-state index in [1.807, 2.05) is 0 Å². The molecule has 0 unspecified atom stereocenters. The van der Waals surface area contributed by atoms with Gasteiger partial charge in [-0.25, -0.2) is 18.0 Å². The van der Waals surface area contributed by atoms with Crippen molar-refractivity contribution in [1.29, 1.82) is 0 Å². The van der Waals surface area contributed by atoms with Crippen LogP contribution in [0.2, 0.25) is 0 Å². The van der Waals surface area contributed by atoms with Gasteiger partial charge in [-0.3, -0.25) is 0 Å². The van der Waals surface area contributed by atoms with Crippen molar-refractivity contribution in [3.8, 4) is 11.5 Å². The molecule has 0 spiro atoms. The average Bonchev–Trinajstić information content (AvgIpc) is 2.71. The SMILES string of the molecule is CCOC(=O)N1CCN(S(=O)(=O)c2cc(/C=C/C(=O)O)cc(OC)c2OC)CC1. The van der Waals surface area contributed by atoms with E-state index < -0.39 is 22.1 Å². The number of benzene rings is 1. The number of carboxylic acid groups (broad SMARTS) is 1. The van der Waals surface area contributed by atoms with Crippen LogP contribution in [0.3, 0.4) is 0 Å². The molecule has 0 saturated carbocycles. The van der Waals surface area contributed by atoms with Crippen molar-refractivity contribution in [1.82, 2.24) is 9.21 Å². The van der Waals surface area contributed by atoms with E-state index in [1.165, 1.54) is 41.6 Å². The molecule has 1 aromatic carbocycles. The normalized spacial score (nSPS) is 15.3. The van der Waals surface area contributed by atoms with Crippen LogP contribution in [-0.2, 0) is 19.6 Å². The largest absolute Gasteiger partial charge is 0.493 e. The van der Waals surface area contributed by atoms with E-state index in [2.05, 4.69) is 0 Å². The van der Waals surface area contributed by atoms with Gasteiger partial charge in [-0.05, 0) is 30.7 Å². The predicted molar refractivity (Wildman–Crippen MR) is 104 cm³/mol. The Hall–Kier alpha value is -2.79. The van der Waals surface area contributed by atoms with Gasteiger partial charge in [-0.2, -0.15) is 4.31 Å². The summed E-state index contributed by atoms with van der Waals surface area (Å²) in [7, 11) is -1.31. The molecule has 1 heterocycles. The fourth-order valence-corrected chi connectivity index (χ4v) is 4.50. The van der Waals surface area contributed by atoms with Gasteiger partial charge in [0.1, 0.15) is 4.90 Å². The molecule has 160 valence electrons. The summed E-state index contributed by atoms with van der Waals surface area (Å²) < 4.78 is 43.2. The Kier molecular flexibility index (Phi) is 7.46. The van der Waals surface area contributed by atoms with Gasteiger partial charge in [0.25, 0.3) is 0 Å². The summed E-state index contributed by atoms with van der Waals surface area (Å²) in [5, 5.41) is 8.83. The maximum Gasteiger partial charge on any atom is 0.409 e. The van der Waals surface area contributed by atoms with Gasteiger partial charge in [0.05, 0.1) is 20.8 Å². The molecule has 1 amide bonds. The summed E-state index contributed by atoms with van der Waals surface area (Å²) >= 11 is 0. The van der Waals surface area contributed by atoms with Gasteiger partial charge in [0.15, 0.2) is 11.5 Å². The lowest BCUT2D eigenvalue weighted by atomic mass is 10.2. The minimum Gasteiger partial charge on any atom is -0.493 e. The molecule has 2 rings (SSSR count). The topological polar surface area (TPSA) is 123 Å². The number of nitrogens with zero attached hydrogens (tertiary/aromatic N) is 2. The van der Waals surface area contributed by atoms with Crippen molar-refractivity contribution in [2.45, 2.75) is 11.8 Å². The Morgan fingerprint density at radius 3 is 2.31 bits per heavy atom. The quantitative estimate of drug-likeness (QED) is 0.644. The molecule has 1 aromatic rings. The van der Waals surface area contributed by atoms with Crippen LogP contribution in [0, 0.1) is 0 Å². The van der Waals surface area contributed by atoms with Gasteiger partial charge < -0.3 is 24.2 Å². The first kappa shape index (κ1) is 22.5. The molecule has 0 bridgehead atoms. The van der Waals surface area contributed by atoms with Crippen LogP contribution in [-0.4, -0.2) is 81.8 Å². The van der Waals surface area contributed by atoms with Crippen LogP contribution in [0.5, 0.6) is 11.5 Å². The van der Waals surface area contributed by atoms with Crippen LogP contribution in [0.15, 0.2) is 23.1 Å². The standard InChI is InChI=1S/C18H24N2O8S/c1-4-28-18(23)19-7-9-20(10-8-19)29(24,25)15-12-13(5-6-16(21)22)11-14(26-2)17(15)27-3/h5-6,11-12H,4,7-10H2,1-3H3,(H,21,22)/b6-5+. The second-order valence-corrected chi connectivity index (χ2v) is 7.92. The number of carbonyl (C=O) groups excluding carboxylic acids is 1. The number of hydrogen-bond acceptors (Lipinski definition) is 7. The first-order valence-electron chi connectivity index (χ1n) is 8.83. The van der Waals surface area contributed by atoms with E-state index in [9.17, 15) is 18.0 Å². The molecule has 1 fully saturated rings. The van der Waals surface area contributed by atoms with E-state index >= 15 is 0 Å². The fourth-order valence-electron chi connectivity index (χ4n) is 2.87. The number of methoxy groups -OCH3 is 2. The summed E-state index contributed by atoms with van der Waals surface area (Å²) in [5.74, 6) is -0.990. The number of carbonyl (C=O) groups is 2. The first-order valence-corrected chi connectivity index (χ1v) is 10.3. The molecule has 10 nitrogen and oxygen atoms in total. The highest BCUT2D eigenvalue weighted by molar-refractivity contribution is 7.89. The van der Waals surface area contributed by atoms with Crippen molar-refractivity contribution in [2.24, 2.45) is 0 Å². The lowest BCUT2D eigenvalue weighted by molar-refractivity contribution is -0.131. The second kappa shape index (κ2) is 9.61. The highest BCUT2D eigenvalue weighted by atomic mass is 32.2. The van der Waals surface area contributed by atoms with E-state index in [4.69, 9.17) is 19.3 Å². The monoisotopic (exact) mass is 428 g/mol. The molecule has 11 heteroatoms. The molecular weight excluding hydrogens is 404 g/mol. The number of piperazine rings is 1. The number of amides is 1.